The van der Waals surface area contributed by atoms with Crippen LogP contribution < -0.4 is 5.32 Å². The zero-order valence-corrected chi connectivity index (χ0v) is 22.6. The number of nitrogens with one attached hydrogen (secondary N) is 1. The molecule has 0 saturated heterocycles. The summed E-state index contributed by atoms with van der Waals surface area (Å²) in [6.45, 7) is 2.27. The van der Waals surface area contributed by atoms with E-state index in [9.17, 15) is 18.0 Å². The number of carbonyl (C=O) groups excluding carboxylic acids is 1. The Bertz CT molecular complexity index is 678. The summed E-state index contributed by atoms with van der Waals surface area (Å²) >= 11 is 5.92. The number of unbranched alkanes of at least 4 members (excludes halogenated alkanes) is 18. The van der Waals surface area contributed by atoms with Crippen molar-refractivity contribution >= 4 is 23.2 Å². The second-order valence-corrected chi connectivity index (χ2v) is 10.3. The van der Waals surface area contributed by atoms with Crippen molar-refractivity contribution in [2.75, 3.05) is 5.32 Å². The number of benzene rings is 1. The van der Waals surface area contributed by atoms with E-state index < -0.39 is 11.7 Å². The van der Waals surface area contributed by atoms with Crippen molar-refractivity contribution in [3.8, 4) is 0 Å². The third kappa shape index (κ3) is 17.0. The predicted molar refractivity (Wildman–Crippen MR) is 143 cm³/mol. The molecule has 0 aliphatic rings. The standard InChI is InChI=1S/C29H47ClF3NO/c1-2-3-4-5-6-7-8-9-10-11-12-13-14-15-16-17-18-19-20-21-28(35)34-27-24-25(29(31,32)33)22-23-26(27)30/h22-24H,2-21H2,1H3,(H,34,35). The van der Waals surface area contributed by atoms with Gasteiger partial charge in [-0.2, -0.15) is 13.2 Å². The lowest BCUT2D eigenvalue weighted by Crippen LogP contribution is -2.13. The van der Waals surface area contributed by atoms with Gasteiger partial charge in [-0.15, -0.1) is 0 Å². The molecule has 0 aliphatic carbocycles. The number of halogens is 4. The monoisotopic (exact) mass is 517 g/mol. The molecule has 202 valence electrons. The molecule has 1 rings (SSSR count). The van der Waals surface area contributed by atoms with Crippen molar-refractivity contribution in [2.24, 2.45) is 0 Å². The summed E-state index contributed by atoms with van der Waals surface area (Å²) in [5, 5.41) is 2.62. The Morgan fingerprint density at radius 1 is 0.714 bits per heavy atom. The minimum absolute atomic E-state index is 0.0179. The fraction of sp³-hybridized carbons (Fsp3) is 0.759. The first-order valence-electron chi connectivity index (χ1n) is 14.0. The van der Waals surface area contributed by atoms with Crippen molar-refractivity contribution in [1.82, 2.24) is 0 Å². The summed E-state index contributed by atoms with van der Waals surface area (Å²) in [6, 6.07) is 2.96. The number of anilines is 1. The summed E-state index contributed by atoms with van der Waals surface area (Å²) in [5.41, 5.74) is -0.801. The smallest absolute Gasteiger partial charge is 0.325 e. The van der Waals surface area contributed by atoms with Crippen LogP contribution in [0.2, 0.25) is 5.02 Å². The molecule has 1 aromatic carbocycles. The zero-order valence-electron chi connectivity index (χ0n) is 21.8. The molecule has 0 fully saturated rings. The maximum Gasteiger partial charge on any atom is 0.416 e. The van der Waals surface area contributed by atoms with E-state index in [1.807, 2.05) is 0 Å². The van der Waals surface area contributed by atoms with Crippen molar-refractivity contribution in [2.45, 2.75) is 142 Å². The molecule has 1 amide bonds. The van der Waals surface area contributed by atoms with Gasteiger partial charge in [-0.1, -0.05) is 134 Å². The van der Waals surface area contributed by atoms with Crippen LogP contribution in [-0.4, -0.2) is 5.91 Å². The molecule has 1 aromatic rings. The Kier molecular flexibility index (Phi) is 18.1. The lowest BCUT2D eigenvalue weighted by Gasteiger charge is -2.11. The largest absolute Gasteiger partial charge is 0.416 e. The minimum Gasteiger partial charge on any atom is -0.325 e. The number of hydrogen-bond acceptors (Lipinski definition) is 1. The average Bonchev–Trinajstić information content (AvgIpc) is 2.81. The highest BCUT2D eigenvalue weighted by Gasteiger charge is 2.31. The summed E-state index contributed by atoms with van der Waals surface area (Å²) in [5.74, 6) is -0.293. The number of carbonyl (C=O) groups is 1. The molecule has 2 nitrogen and oxygen atoms in total. The van der Waals surface area contributed by atoms with E-state index >= 15 is 0 Å². The van der Waals surface area contributed by atoms with Gasteiger partial charge in [0, 0.05) is 6.42 Å². The molecule has 0 aliphatic heterocycles. The molecule has 0 heterocycles. The molecule has 35 heavy (non-hydrogen) atoms. The summed E-state index contributed by atoms with van der Waals surface area (Å²) < 4.78 is 38.5. The van der Waals surface area contributed by atoms with Crippen LogP contribution in [0.5, 0.6) is 0 Å². The topological polar surface area (TPSA) is 29.1 Å². The minimum atomic E-state index is -4.46. The average molecular weight is 518 g/mol. The number of hydrogen-bond donors (Lipinski definition) is 1. The van der Waals surface area contributed by atoms with Crippen LogP contribution in [0.1, 0.15) is 141 Å². The molecule has 0 bridgehead atoms. The lowest BCUT2D eigenvalue weighted by atomic mass is 10.0. The van der Waals surface area contributed by atoms with Gasteiger partial charge in [-0.25, -0.2) is 0 Å². The van der Waals surface area contributed by atoms with Gasteiger partial charge >= 0.3 is 6.18 Å². The van der Waals surface area contributed by atoms with Gasteiger partial charge in [0.15, 0.2) is 0 Å². The SMILES string of the molecule is CCCCCCCCCCCCCCCCCCCCCC(=O)Nc1cc(C(F)(F)F)ccc1Cl. The van der Waals surface area contributed by atoms with E-state index in [2.05, 4.69) is 12.2 Å². The van der Waals surface area contributed by atoms with Crippen LogP contribution in [-0.2, 0) is 11.0 Å². The van der Waals surface area contributed by atoms with Gasteiger partial charge in [0.25, 0.3) is 0 Å². The van der Waals surface area contributed by atoms with Gasteiger partial charge in [-0.3, -0.25) is 4.79 Å². The highest BCUT2D eigenvalue weighted by Crippen LogP contribution is 2.33. The van der Waals surface area contributed by atoms with Crippen molar-refractivity contribution in [3.05, 3.63) is 28.8 Å². The van der Waals surface area contributed by atoms with Crippen molar-refractivity contribution in [3.63, 3.8) is 0 Å². The second-order valence-electron chi connectivity index (χ2n) is 9.85. The van der Waals surface area contributed by atoms with Gasteiger partial charge in [0.1, 0.15) is 0 Å². The molecule has 0 unspecified atom stereocenters. The van der Waals surface area contributed by atoms with E-state index in [1.54, 1.807) is 0 Å². The zero-order chi connectivity index (χ0) is 25.8. The Morgan fingerprint density at radius 2 is 1.11 bits per heavy atom. The predicted octanol–water partition coefficient (Wildman–Crippen LogP) is 11.1. The first-order chi connectivity index (χ1) is 16.8. The van der Waals surface area contributed by atoms with E-state index in [0.717, 1.165) is 37.5 Å². The third-order valence-electron chi connectivity index (χ3n) is 6.58. The fourth-order valence-corrected chi connectivity index (χ4v) is 4.54. The maximum atomic E-state index is 12.8. The Balaban J connectivity index is 1.91. The Morgan fingerprint density at radius 3 is 1.51 bits per heavy atom. The van der Waals surface area contributed by atoms with Gasteiger partial charge < -0.3 is 5.32 Å². The van der Waals surface area contributed by atoms with Gasteiger partial charge in [0.2, 0.25) is 5.91 Å². The normalized spacial score (nSPS) is 11.7. The molecule has 0 aromatic heterocycles. The molecule has 1 N–H and O–H groups in total. The van der Waals surface area contributed by atoms with Crippen molar-refractivity contribution < 1.29 is 18.0 Å². The van der Waals surface area contributed by atoms with E-state index in [4.69, 9.17) is 11.6 Å². The molecular weight excluding hydrogens is 471 g/mol. The highest BCUT2D eigenvalue weighted by atomic mass is 35.5. The highest BCUT2D eigenvalue weighted by molar-refractivity contribution is 6.33. The Labute approximate surface area is 216 Å². The first kappa shape index (κ1) is 31.8. The van der Waals surface area contributed by atoms with E-state index in [-0.39, 0.29) is 16.6 Å². The first-order valence-corrected chi connectivity index (χ1v) is 14.4. The summed E-state index contributed by atoms with van der Waals surface area (Å²) in [6.07, 6.45) is 20.3. The number of amides is 1. The number of alkyl halides is 3. The van der Waals surface area contributed by atoms with Crippen molar-refractivity contribution in [1.29, 1.82) is 0 Å². The van der Waals surface area contributed by atoms with Gasteiger partial charge in [-0.05, 0) is 24.6 Å². The quantitative estimate of drug-likeness (QED) is 0.161. The molecule has 0 spiro atoms. The van der Waals surface area contributed by atoms with Gasteiger partial charge in [0.05, 0.1) is 16.3 Å². The molecular formula is C29H47ClF3NO. The fourth-order valence-electron chi connectivity index (χ4n) is 4.37. The lowest BCUT2D eigenvalue weighted by molar-refractivity contribution is -0.137. The molecule has 0 saturated carbocycles. The van der Waals surface area contributed by atoms with Crippen LogP contribution in [0.25, 0.3) is 0 Å². The van der Waals surface area contributed by atoms with Crippen LogP contribution in [0.4, 0.5) is 18.9 Å². The van der Waals surface area contributed by atoms with E-state index in [1.165, 1.54) is 103 Å². The molecule has 0 atom stereocenters. The summed E-state index contributed by atoms with van der Waals surface area (Å²) in [7, 11) is 0. The van der Waals surface area contributed by atoms with Crippen LogP contribution in [0.15, 0.2) is 18.2 Å². The Hall–Kier alpha value is -1.23. The molecule has 0 radical (unpaired) electrons. The summed E-state index contributed by atoms with van der Waals surface area (Å²) in [4.78, 5) is 12.1. The van der Waals surface area contributed by atoms with Crippen LogP contribution >= 0.6 is 11.6 Å². The third-order valence-corrected chi connectivity index (χ3v) is 6.90. The number of rotatable bonds is 21. The molecule has 6 heteroatoms. The second kappa shape index (κ2) is 19.9. The van der Waals surface area contributed by atoms with Crippen LogP contribution in [0.3, 0.4) is 0 Å². The maximum absolute atomic E-state index is 12.8. The van der Waals surface area contributed by atoms with Crippen LogP contribution in [0, 0.1) is 0 Å². The van der Waals surface area contributed by atoms with E-state index in [0.29, 0.717) is 6.42 Å².